The molecule has 0 radical (unpaired) electrons. The van der Waals surface area contributed by atoms with Crippen molar-refractivity contribution in [1.29, 1.82) is 0 Å². The highest BCUT2D eigenvalue weighted by Crippen LogP contribution is 2.28. The van der Waals surface area contributed by atoms with E-state index < -0.39 is 0 Å². The Morgan fingerprint density at radius 3 is 2.27 bits per heavy atom. The number of hydrogen-bond donors (Lipinski definition) is 1. The van der Waals surface area contributed by atoms with Gasteiger partial charge in [-0.1, -0.05) is 78.0 Å². The van der Waals surface area contributed by atoms with Crippen LogP contribution in [0.1, 0.15) is 12.0 Å². The fourth-order valence-electron chi connectivity index (χ4n) is 3.04. The highest BCUT2D eigenvalue weighted by molar-refractivity contribution is 7.99. The van der Waals surface area contributed by atoms with Crippen LogP contribution in [0.25, 0.3) is 17.1 Å². The van der Waals surface area contributed by atoms with Gasteiger partial charge in [-0.3, -0.25) is 9.36 Å². The molecule has 0 bridgehead atoms. The summed E-state index contributed by atoms with van der Waals surface area (Å²) >= 11 is 1.53. The van der Waals surface area contributed by atoms with Crippen LogP contribution in [0.2, 0.25) is 0 Å². The molecule has 150 valence electrons. The van der Waals surface area contributed by atoms with Gasteiger partial charge in [0.25, 0.3) is 0 Å². The third-order valence-electron chi connectivity index (χ3n) is 4.58. The van der Waals surface area contributed by atoms with Gasteiger partial charge in [-0.05, 0) is 31.2 Å². The van der Waals surface area contributed by atoms with Gasteiger partial charge < -0.3 is 5.32 Å². The molecule has 4 rings (SSSR count). The van der Waals surface area contributed by atoms with E-state index in [0.717, 1.165) is 33.5 Å². The van der Waals surface area contributed by atoms with Gasteiger partial charge in [-0.15, -0.1) is 10.2 Å². The number of benzene rings is 3. The maximum atomic E-state index is 12.3. The molecule has 1 aromatic heterocycles. The topological polar surface area (TPSA) is 59.8 Å². The molecular weight excluding hydrogens is 392 g/mol. The predicted molar refractivity (Wildman–Crippen MR) is 122 cm³/mol. The first-order valence-electron chi connectivity index (χ1n) is 9.76. The van der Waals surface area contributed by atoms with Crippen LogP contribution in [-0.4, -0.2) is 26.4 Å². The Hall–Kier alpha value is -3.38. The van der Waals surface area contributed by atoms with Gasteiger partial charge in [0, 0.05) is 29.1 Å². The van der Waals surface area contributed by atoms with Gasteiger partial charge in [0.2, 0.25) is 5.91 Å². The average molecular weight is 415 g/mol. The number of amides is 1. The molecule has 0 saturated carbocycles. The number of rotatable bonds is 7. The van der Waals surface area contributed by atoms with E-state index in [-0.39, 0.29) is 5.91 Å². The van der Waals surface area contributed by atoms with Gasteiger partial charge >= 0.3 is 0 Å². The fraction of sp³-hybridized carbons (Fsp3) is 0.125. The summed E-state index contributed by atoms with van der Waals surface area (Å²) in [6.07, 6.45) is 0.390. The number of anilines is 1. The van der Waals surface area contributed by atoms with Crippen LogP contribution in [0.4, 0.5) is 5.69 Å². The van der Waals surface area contributed by atoms with Gasteiger partial charge in [0.05, 0.1) is 0 Å². The minimum atomic E-state index is -0.0135. The Morgan fingerprint density at radius 2 is 1.57 bits per heavy atom. The van der Waals surface area contributed by atoms with Gasteiger partial charge in [-0.2, -0.15) is 0 Å². The summed E-state index contributed by atoms with van der Waals surface area (Å²) in [7, 11) is 0. The summed E-state index contributed by atoms with van der Waals surface area (Å²) in [6, 6.07) is 27.8. The quantitative estimate of drug-likeness (QED) is 0.413. The molecule has 1 amide bonds. The van der Waals surface area contributed by atoms with E-state index in [1.165, 1.54) is 11.8 Å². The van der Waals surface area contributed by atoms with E-state index in [0.29, 0.717) is 12.2 Å². The maximum Gasteiger partial charge on any atom is 0.225 e. The van der Waals surface area contributed by atoms with Crippen molar-refractivity contribution in [2.24, 2.45) is 0 Å². The molecule has 3 aromatic carbocycles. The molecular formula is C24H22N4OS. The summed E-state index contributed by atoms with van der Waals surface area (Å²) in [5.74, 6) is 1.38. The van der Waals surface area contributed by atoms with Crippen LogP contribution in [0, 0.1) is 6.92 Å². The number of carbonyl (C=O) groups excluding carboxylic acids is 1. The molecule has 0 atom stereocenters. The Labute approximate surface area is 180 Å². The van der Waals surface area contributed by atoms with Crippen molar-refractivity contribution in [3.8, 4) is 17.1 Å². The first-order valence-corrected chi connectivity index (χ1v) is 10.7. The highest BCUT2D eigenvalue weighted by atomic mass is 32.2. The lowest BCUT2D eigenvalue weighted by Gasteiger charge is -2.10. The van der Waals surface area contributed by atoms with Crippen LogP contribution < -0.4 is 5.32 Å². The molecule has 0 aliphatic carbocycles. The largest absolute Gasteiger partial charge is 0.326 e. The van der Waals surface area contributed by atoms with E-state index >= 15 is 0 Å². The molecule has 30 heavy (non-hydrogen) atoms. The van der Waals surface area contributed by atoms with Gasteiger partial charge in [0.1, 0.15) is 0 Å². The van der Waals surface area contributed by atoms with Crippen molar-refractivity contribution < 1.29 is 4.79 Å². The maximum absolute atomic E-state index is 12.3. The van der Waals surface area contributed by atoms with Crippen molar-refractivity contribution in [3.63, 3.8) is 0 Å². The van der Waals surface area contributed by atoms with Gasteiger partial charge in [-0.25, -0.2) is 0 Å². The van der Waals surface area contributed by atoms with Crippen molar-refractivity contribution in [1.82, 2.24) is 14.8 Å². The van der Waals surface area contributed by atoms with Crippen LogP contribution in [0.15, 0.2) is 90.1 Å². The van der Waals surface area contributed by atoms with E-state index in [2.05, 4.69) is 15.5 Å². The fourth-order valence-corrected chi connectivity index (χ4v) is 3.93. The Bertz CT molecular complexity index is 1110. The number of aromatic nitrogens is 3. The molecule has 5 nitrogen and oxygen atoms in total. The van der Waals surface area contributed by atoms with E-state index in [4.69, 9.17) is 0 Å². The second kappa shape index (κ2) is 9.41. The number of aryl methyl sites for hydroxylation is 1. The number of nitrogens with zero attached hydrogens (tertiary/aromatic N) is 3. The minimum absolute atomic E-state index is 0.0135. The molecule has 0 saturated heterocycles. The number of hydrogen-bond acceptors (Lipinski definition) is 4. The van der Waals surface area contributed by atoms with Crippen molar-refractivity contribution in [3.05, 3.63) is 90.5 Å². The number of thioether (sulfide) groups is 1. The highest BCUT2D eigenvalue weighted by Gasteiger charge is 2.16. The number of para-hydroxylation sites is 1. The molecule has 6 heteroatoms. The summed E-state index contributed by atoms with van der Waals surface area (Å²) in [6.45, 7) is 2.02. The number of nitrogens with one attached hydrogen (secondary N) is 1. The smallest absolute Gasteiger partial charge is 0.225 e. The summed E-state index contributed by atoms with van der Waals surface area (Å²) in [5, 5.41) is 12.5. The van der Waals surface area contributed by atoms with Crippen molar-refractivity contribution >= 4 is 23.4 Å². The van der Waals surface area contributed by atoms with Crippen molar-refractivity contribution in [2.75, 3.05) is 11.1 Å². The predicted octanol–water partition coefficient (Wildman–Crippen LogP) is 5.36. The standard InChI is InChI=1S/C24H22N4OS/c1-18-12-14-20(15-13-18)25-22(29)16-17-30-24-27-26-23(19-8-4-2-5-9-19)28(24)21-10-6-3-7-11-21/h2-15H,16-17H2,1H3,(H,25,29). The normalized spacial score (nSPS) is 10.7. The Morgan fingerprint density at radius 1 is 0.900 bits per heavy atom. The average Bonchev–Trinajstić information content (AvgIpc) is 3.20. The molecule has 0 unspecified atom stereocenters. The first kappa shape index (κ1) is 19.9. The first-order chi connectivity index (χ1) is 14.7. The molecule has 1 heterocycles. The zero-order valence-electron chi connectivity index (χ0n) is 16.7. The van der Waals surface area contributed by atoms with E-state index in [9.17, 15) is 4.79 Å². The molecule has 4 aromatic rings. The minimum Gasteiger partial charge on any atom is -0.326 e. The molecule has 1 N–H and O–H groups in total. The van der Waals surface area contributed by atoms with Crippen LogP contribution in [0.3, 0.4) is 0 Å². The van der Waals surface area contributed by atoms with Crippen LogP contribution in [-0.2, 0) is 4.79 Å². The third-order valence-corrected chi connectivity index (χ3v) is 5.51. The summed E-state index contributed by atoms with van der Waals surface area (Å²) < 4.78 is 2.04. The zero-order valence-corrected chi connectivity index (χ0v) is 17.5. The lowest BCUT2D eigenvalue weighted by Crippen LogP contribution is -2.12. The van der Waals surface area contributed by atoms with E-state index in [1.54, 1.807) is 0 Å². The number of carbonyl (C=O) groups is 1. The monoisotopic (exact) mass is 414 g/mol. The van der Waals surface area contributed by atoms with Crippen LogP contribution >= 0.6 is 11.8 Å². The molecule has 0 fully saturated rings. The van der Waals surface area contributed by atoms with Gasteiger partial charge in [0.15, 0.2) is 11.0 Å². The zero-order chi connectivity index (χ0) is 20.8. The van der Waals surface area contributed by atoms with E-state index in [1.807, 2.05) is 96.4 Å². The third kappa shape index (κ3) is 4.78. The molecule has 0 aliphatic heterocycles. The SMILES string of the molecule is Cc1ccc(NC(=O)CCSc2nnc(-c3ccccc3)n2-c2ccccc2)cc1. The second-order valence-corrected chi connectivity index (χ2v) is 7.92. The Kier molecular flexibility index (Phi) is 6.25. The second-order valence-electron chi connectivity index (χ2n) is 6.86. The Balaban J connectivity index is 1.48. The van der Waals surface area contributed by atoms with Crippen LogP contribution in [0.5, 0.6) is 0 Å². The summed E-state index contributed by atoms with van der Waals surface area (Å²) in [5.41, 5.74) is 3.97. The molecule has 0 aliphatic rings. The lowest BCUT2D eigenvalue weighted by molar-refractivity contribution is -0.115. The lowest BCUT2D eigenvalue weighted by atomic mass is 10.2. The molecule has 0 spiro atoms. The van der Waals surface area contributed by atoms with Crippen molar-refractivity contribution in [2.45, 2.75) is 18.5 Å². The summed E-state index contributed by atoms with van der Waals surface area (Å²) in [4.78, 5) is 12.3.